The highest BCUT2D eigenvalue weighted by atomic mass is 35.5. The highest BCUT2D eigenvalue weighted by Gasteiger charge is 2.11. The van der Waals surface area contributed by atoms with E-state index in [4.69, 9.17) is 17.3 Å². The number of amides is 1. The van der Waals surface area contributed by atoms with E-state index in [2.05, 4.69) is 25.3 Å². The smallest absolute Gasteiger partial charge is 0.289 e. The molecular formula is C22H19ClN6O. The molecule has 0 saturated heterocycles. The van der Waals surface area contributed by atoms with E-state index in [1.54, 1.807) is 24.5 Å². The number of benzene rings is 1. The molecule has 8 heteroatoms. The van der Waals surface area contributed by atoms with Crippen LogP contribution in [0.3, 0.4) is 0 Å². The van der Waals surface area contributed by atoms with Gasteiger partial charge in [0.1, 0.15) is 5.82 Å². The first-order valence-electron chi connectivity index (χ1n) is 9.34. The van der Waals surface area contributed by atoms with Crippen LogP contribution in [0.4, 0.5) is 5.82 Å². The van der Waals surface area contributed by atoms with Crippen molar-refractivity contribution in [3.63, 3.8) is 0 Å². The second-order valence-corrected chi connectivity index (χ2v) is 7.33. The van der Waals surface area contributed by atoms with Crippen LogP contribution in [0, 0.1) is 6.92 Å². The lowest BCUT2D eigenvalue weighted by atomic mass is 10.1. The molecule has 1 amide bonds. The number of rotatable bonds is 5. The molecule has 7 nitrogen and oxygen atoms in total. The summed E-state index contributed by atoms with van der Waals surface area (Å²) in [6.45, 7) is 2.17. The third kappa shape index (κ3) is 4.52. The van der Waals surface area contributed by atoms with E-state index < -0.39 is 0 Å². The Kier molecular flexibility index (Phi) is 5.54. The van der Waals surface area contributed by atoms with Crippen LogP contribution in [-0.2, 0) is 13.0 Å². The van der Waals surface area contributed by atoms with Gasteiger partial charge in [-0.2, -0.15) is 0 Å². The molecule has 0 spiro atoms. The van der Waals surface area contributed by atoms with Crippen molar-refractivity contribution in [3.8, 4) is 0 Å². The maximum Gasteiger partial charge on any atom is 0.289 e. The molecule has 0 unspecified atom stereocenters. The average Bonchev–Trinajstić information content (AvgIpc) is 2.73. The van der Waals surface area contributed by atoms with Gasteiger partial charge < -0.3 is 11.1 Å². The number of aromatic nitrogens is 4. The number of halogens is 1. The van der Waals surface area contributed by atoms with Crippen molar-refractivity contribution >= 4 is 34.2 Å². The molecule has 0 aliphatic carbocycles. The molecule has 0 saturated carbocycles. The molecule has 30 heavy (non-hydrogen) atoms. The molecule has 3 N–H and O–H groups in total. The summed E-state index contributed by atoms with van der Waals surface area (Å²) in [5.74, 6) is 0.229. The van der Waals surface area contributed by atoms with Gasteiger partial charge in [-0.15, -0.1) is 0 Å². The molecule has 4 rings (SSSR count). The second-order valence-electron chi connectivity index (χ2n) is 6.89. The van der Waals surface area contributed by atoms with Crippen LogP contribution < -0.4 is 11.1 Å². The first-order valence-corrected chi connectivity index (χ1v) is 9.72. The fraction of sp³-hybridized carbons (Fsp3) is 0.136. The predicted octanol–water partition coefficient (Wildman–Crippen LogP) is 3.48. The maximum absolute atomic E-state index is 12.5. The minimum Gasteiger partial charge on any atom is -0.384 e. The topological polar surface area (TPSA) is 107 Å². The zero-order valence-electron chi connectivity index (χ0n) is 16.3. The van der Waals surface area contributed by atoms with Crippen LogP contribution in [0.25, 0.3) is 10.9 Å². The number of nitrogens with zero attached hydrogens (tertiary/aromatic N) is 4. The fourth-order valence-electron chi connectivity index (χ4n) is 3.13. The van der Waals surface area contributed by atoms with E-state index >= 15 is 0 Å². The Bertz CT molecular complexity index is 1240. The van der Waals surface area contributed by atoms with Crippen LogP contribution in [0.5, 0.6) is 0 Å². The summed E-state index contributed by atoms with van der Waals surface area (Å²) >= 11 is 6.04. The number of fused-ring (bicyclic) bond motifs is 1. The van der Waals surface area contributed by atoms with E-state index in [9.17, 15) is 4.79 Å². The quantitative estimate of drug-likeness (QED) is 0.513. The van der Waals surface area contributed by atoms with Crippen LogP contribution in [0.1, 0.15) is 33.1 Å². The number of hydrogen-bond acceptors (Lipinski definition) is 6. The number of hydrogen-bond donors (Lipinski definition) is 2. The van der Waals surface area contributed by atoms with Crippen LogP contribution in [0.2, 0.25) is 5.02 Å². The van der Waals surface area contributed by atoms with Crippen LogP contribution in [0.15, 0.2) is 54.9 Å². The van der Waals surface area contributed by atoms with E-state index in [0.717, 1.165) is 33.4 Å². The summed E-state index contributed by atoms with van der Waals surface area (Å²) in [6.07, 6.45) is 3.78. The minimum atomic E-state index is -0.345. The van der Waals surface area contributed by atoms with Crippen molar-refractivity contribution in [1.82, 2.24) is 25.3 Å². The van der Waals surface area contributed by atoms with Crippen molar-refractivity contribution < 1.29 is 4.79 Å². The maximum atomic E-state index is 12.5. The van der Waals surface area contributed by atoms with Crippen LogP contribution >= 0.6 is 11.6 Å². The van der Waals surface area contributed by atoms with Crippen molar-refractivity contribution in [1.29, 1.82) is 0 Å². The molecule has 0 aliphatic heterocycles. The van der Waals surface area contributed by atoms with Crippen molar-refractivity contribution in [3.05, 3.63) is 88.2 Å². The van der Waals surface area contributed by atoms with Gasteiger partial charge >= 0.3 is 0 Å². The molecule has 0 fully saturated rings. The van der Waals surface area contributed by atoms with E-state index in [-0.39, 0.29) is 11.7 Å². The summed E-state index contributed by atoms with van der Waals surface area (Å²) < 4.78 is 0. The van der Waals surface area contributed by atoms with Gasteiger partial charge in [0.2, 0.25) is 5.82 Å². The van der Waals surface area contributed by atoms with Gasteiger partial charge in [0.25, 0.3) is 5.91 Å². The lowest BCUT2D eigenvalue weighted by Gasteiger charge is -2.08. The van der Waals surface area contributed by atoms with Gasteiger partial charge in [0.05, 0.1) is 10.5 Å². The van der Waals surface area contributed by atoms with Crippen LogP contribution in [-0.4, -0.2) is 25.8 Å². The zero-order valence-corrected chi connectivity index (χ0v) is 17.0. The number of anilines is 1. The monoisotopic (exact) mass is 418 g/mol. The summed E-state index contributed by atoms with van der Waals surface area (Å²) in [6, 6.07) is 13.2. The van der Waals surface area contributed by atoms with Crippen molar-refractivity contribution in [2.75, 3.05) is 5.73 Å². The number of nitrogen functional groups attached to an aromatic ring is 1. The first kappa shape index (κ1) is 19.7. The van der Waals surface area contributed by atoms with Gasteiger partial charge in [-0.25, -0.2) is 15.0 Å². The van der Waals surface area contributed by atoms with Gasteiger partial charge in [0.15, 0.2) is 0 Å². The summed E-state index contributed by atoms with van der Waals surface area (Å²) in [7, 11) is 0. The Balaban J connectivity index is 1.47. The fourth-order valence-corrected chi connectivity index (χ4v) is 3.29. The molecule has 0 bridgehead atoms. The van der Waals surface area contributed by atoms with E-state index in [1.165, 1.54) is 0 Å². The second kappa shape index (κ2) is 8.42. The lowest BCUT2D eigenvalue weighted by molar-refractivity contribution is 0.0940. The molecule has 4 aromatic rings. The Hall–Kier alpha value is -3.58. The van der Waals surface area contributed by atoms with Crippen molar-refractivity contribution in [2.24, 2.45) is 0 Å². The van der Waals surface area contributed by atoms with Crippen molar-refractivity contribution in [2.45, 2.75) is 19.9 Å². The summed E-state index contributed by atoms with van der Waals surface area (Å²) in [5.41, 5.74) is 9.98. The standard InChI is InChI=1S/C22H19ClN6O/c1-13-15(3-5-20(24)28-13)11-27-22(30)21-25-7-6-18(29-21)9-14-2-4-19-16(8-14)10-17(23)12-26-19/h2-8,10,12H,9,11H2,1H3,(H2,24,28)(H,27,30). The summed E-state index contributed by atoms with van der Waals surface area (Å²) in [5, 5.41) is 4.38. The molecule has 3 heterocycles. The predicted molar refractivity (Wildman–Crippen MR) is 116 cm³/mol. The average molecular weight is 419 g/mol. The normalized spacial score (nSPS) is 10.9. The molecule has 0 atom stereocenters. The molecule has 0 aliphatic rings. The van der Waals surface area contributed by atoms with Gasteiger partial charge in [0, 0.05) is 42.1 Å². The molecule has 0 radical (unpaired) electrons. The first-order chi connectivity index (χ1) is 14.5. The number of nitrogens with two attached hydrogens (primary N) is 1. The largest absolute Gasteiger partial charge is 0.384 e. The molecule has 1 aromatic carbocycles. The number of carbonyl (C=O) groups excluding carboxylic acids is 1. The Morgan fingerprint density at radius 1 is 1.10 bits per heavy atom. The number of carbonyl (C=O) groups is 1. The molecular weight excluding hydrogens is 400 g/mol. The number of aryl methyl sites for hydroxylation is 1. The van der Waals surface area contributed by atoms with Gasteiger partial charge in [-0.1, -0.05) is 23.7 Å². The SMILES string of the molecule is Cc1nc(N)ccc1CNC(=O)c1nccc(Cc2ccc3ncc(Cl)cc3c2)n1. The Morgan fingerprint density at radius 2 is 1.97 bits per heavy atom. The molecule has 150 valence electrons. The third-order valence-corrected chi connectivity index (χ3v) is 4.88. The minimum absolute atomic E-state index is 0.124. The van der Waals surface area contributed by atoms with Gasteiger partial charge in [-0.05, 0) is 48.4 Å². The number of nitrogens with one attached hydrogen (secondary N) is 1. The zero-order chi connectivity index (χ0) is 21.1. The highest BCUT2D eigenvalue weighted by molar-refractivity contribution is 6.31. The van der Waals surface area contributed by atoms with E-state index in [1.807, 2.05) is 37.3 Å². The molecule has 3 aromatic heterocycles. The number of pyridine rings is 2. The third-order valence-electron chi connectivity index (χ3n) is 4.67. The lowest BCUT2D eigenvalue weighted by Crippen LogP contribution is -2.25. The Morgan fingerprint density at radius 3 is 2.80 bits per heavy atom. The van der Waals surface area contributed by atoms with E-state index in [0.29, 0.717) is 23.8 Å². The van der Waals surface area contributed by atoms with Gasteiger partial charge in [-0.3, -0.25) is 9.78 Å². The Labute approximate surface area is 178 Å². The highest BCUT2D eigenvalue weighted by Crippen LogP contribution is 2.19. The summed E-state index contributed by atoms with van der Waals surface area (Å²) in [4.78, 5) is 29.5.